The molecule has 0 amide bonds. The number of fused-ring (bicyclic) bond motifs is 12. The Kier molecular flexibility index (Phi) is 6.95. The molecule has 0 N–H and O–H groups in total. The molecule has 0 aliphatic carbocycles. The van der Waals surface area contributed by atoms with Crippen molar-refractivity contribution >= 4 is 86.8 Å². The van der Waals surface area contributed by atoms with E-state index in [-0.39, 0.29) is 0 Å². The first-order chi connectivity index (χ1) is 29.7. The molecular formula is C55H32N4O. The third-order valence-corrected chi connectivity index (χ3v) is 12.2. The number of nitrogens with zero attached hydrogens (tertiary/aromatic N) is 4. The van der Waals surface area contributed by atoms with E-state index in [4.69, 9.17) is 19.4 Å². The number of rotatable bonds is 4. The fourth-order valence-corrected chi connectivity index (χ4v) is 9.44. The van der Waals surface area contributed by atoms with Crippen LogP contribution >= 0.6 is 0 Å². The van der Waals surface area contributed by atoms with Gasteiger partial charge in [-0.2, -0.15) is 0 Å². The predicted octanol–water partition coefficient (Wildman–Crippen LogP) is 14.5. The number of para-hydroxylation sites is 2. The molecule has 0 bridgehead atoms. The third kappa shape index (κ3) is 4.90. The van der Waals surface area contributed by atoms with E-state index in [1.54, 1.807) is 0 Å². The summed E-state index contributed by atoms with van der Waals surface area (Å²) in [6.07, 6.45) is 0. The van der Waals surface area contributed by atoms with E-state index in [0.717, 1.165) is 76.9 Å². The fourth-order valence-electron chi connectivity index (χ4n) is 9.44. The van der Waals surface area contributed by atoms with E-state index in [1.807, 2.05) is 24.3 Å². The van der Waals surface area contributed by atoms with E-state index in [1.165, 1.54) is 32.3 Å². The molecule has 60 heavy (non-hydrogen) atoms. The van der Waals surface area contributed by atoms with Gasteiger partial charge in [0.05, 0.1) is 16.7 Å². The molecule has 13 aromatic rings. The highest BCUT2D eigenvalue weighted by Crippen LogP contribution is 2.43. The number of hydrogen-bond acceptors (Lipinski definition) is 4. The van der Waals surface area contributed by atoms with E-state index in [9.17, 15) is 0 Å². The van der Waals surface area contributed by atoms with Crippen molar-refractivity contribution in [3.63, 3.8) is 0 Å². The van der Waals surface area contributed by atoms with Gasteiger partial charge in [0.1, 0.15) is 11.2 Å². The second kappa shape index (κ2) is 12.7. The van der Waals surface area contributed by atoms with Gasteiger partial charge in [0.25, 0.3) is 0 Å². The zero-order valence-electron chi connectivity index (χ0n) is 32.2. The summed E-state index contributed by atoms with van der Waals surface area (Å²) >= 11 is 0. The Balaban J connectivity index is 1.13. The van der Waals surface area contributed by atoms with Gasteiger partial charge in [0.2, 0.25) is 0 Å². The highest BCUT2D eigenvalue weighted by atomic mass is 16.3. The molecule has 0 spiro atoms. The standard InChI is InChI=1S/C55H32N4O/c1-2-14-33(15-3-1)53-56-54(58-55(57-53)46-29-36-18-6-7-19-38(36)39-20-8-9-21-40(39)46)37-26-27-42-45(30-37)49(32-51-52(42)43-23-11-13-25-50(43)60-51)59-47-24-12-10-22-41(47)44-28-34-16-4-5-17-35(34)31-48(44)59/h1-32H. The second-order valence-electron chi connectivity index (χ2n) is 15.6. The summed E-state index contributed by atoms with van der Waals surface area (Å²) in [4.78, 5) is 15.8. The van der Waals surface area contributed by atoms with Crippen molar-refractivity contribution in [3.8, 4) is 39.9 Å². The Labute approximate surface area is 343 Å². The van der Waals surface area contributed by atoms with Crippen LogP contribution in [-0.2, 0) is 0 Å². The third-order valence-electron chi connectivity index (χ3n) is 12.2. The number of benzene rings is 10. The van der Waals surface area contributed by atoms with Crippen LogP contribution in [-0.4, -0.2) is 19.5 Å². The zero-order valence-corrected chi connectivity index (χ0v) is 32.2. The topological polar surface area (TPSA) is 56.7 Å². The number of furan rings is 1. The molecule has 5 nitrogen and oxygen atoms in total. The quantitative estimate of drug-likeness (QED) is 0.167. The molecule has 0 unspecified atom stereocenters. The molecule has 0 saturated heterocycles. The van der Waals surface area contributed by atoms with Crippen molar-refractivity contribution in [2.45, 2.75) is 0 Å². The van der Waals surface area contributed by atoms with Crippen molar-refractivity contribution in [1.82, 2.24) is 19.5 Å². The Hall–Kier alpha value is -8.15. The minimum absolute atomic E-state index is 0.606. The van der Waals surface area contributed by atoms with Gasteiger partial charge >= 0.3 is 0 Å². The first-order valence-electron chi connectivity index (χ1n) is 20.3. The summed E-state index contributed by atoms with van der Waals surface area (Å²) in [5.74, 6) is 1.86. The monoisotopic (exact) mass is 764 g/mol. The van der Waals surface area contributed by atoms with Crippen molar-refractivity contribution in [3.05, 3.63) is 194 Å². The molecule has 0 atom stereocenters. The molecular weight excluding hydrogens is 733 g/mol. The summed E-state index contributed by atoms with van der Waals surface area (Å²) in [6, 6.07) is 68.6. The Morgan fingerprint density at radius 2 is 0.967 bits per heavy atom. The maximum atomic E-state index is 6.66. The van der Waals surface area contributed by atoms with E-state index < -0.39 is 0 Å². The van der Waals surface area contributed by atoms with Crippen molar-refractivity contribution in [2.24, 2.45) is 0 Å². The van der Waals surface area contributed by atoms with Crippen molar-refractivity contribution in [2.75, 3.05) is 0 Å². The lowest BCUT2D eigenvalue weighted by molar-refractivity contribution is 0.669. The highest BCUT2D eigenvalue weighted by Gasteiger charge is 2.22. The van der Waals surface area contributed by atoms with Gasteiger partial charge in [0.15, 0.2) is 17.5 Å². The minimum Gasteiger partial charge on any atom is -0.456 e. The van der Waals surface area contributed by atoms with E-state index in [0.29, 0.717) is 17.5 Å². The van der Waals surface area contributed by atoms with Crippen LogP contribution in [0.1, 0.15) is 0 Å². The Morgan fingerprint density at radius 3 is 1.80 bits per heavy atom. The van der Waals surface area contributed by atoms with E-state index in [2.05, 4.69) is 174 Å². The molecule has 3 aromatic heterocycles. The second-order valence-corrected chi connectivity index (χ2v) is 15.6. The zero-order chi connectivity index (χ0) is 39.3. The van der Waals surface area contributed by atoms with Crippen LogP contribution in [0.3, 0.4) is 0 Å². The molecule has 0 aliphatic rings. The Morgan fingerprint density at radius 1 is 0.333 bits per heavy atom. The Bertz CT molecular complexity index is 3900. The highest BCUT2D eigenvalue weighted by molar-refractivity contribution is 6.23. The maximum Gasteiger partial charge on any atom is 0.164 e. The molecule has 0 radical (unpaired) electrons. The first kappa shape index (κ1) is 32.9. The van der Waals surface area contributed by atoms with Gasteiger partial charge in [-0.15, -0.1) is 0 Å². The van der Waals surface area contributed by atoms with Crippen LogP contribution < -0.4 is 0 Å². The van der Waals surface area contributed by atoms with Gasteiger partial charge in [-0.05, 0) is 74.1 Å². The van der Waals surface area contributed by atoms with Gasteiger partial charge < -0.3 is 8.98 Å². The molecule has 10 aromatic carbocycles. The summed E-state index contributed by atoms with van der Waals surface area (Å²) < 4.78 is 9.07. The number of hydrogen-bond donors (Lipinski definition) is 0. The average molecular weight is 765 g/mol. The summed E-state index contributed by atoms with van der Waals surface area (Å²) in [6.45, 7) is 0. The van der Waals surface area contributed by atoms with Crippen LogP contribution in [0.25, 0.3) is 127 Å². The molecule has 278 valence electrons. The molecule has 0 aliphatic heterocycles. The van der Waals surface area contributed by atoms with Crippen LogP contribution in [0.15, 0.2) is 199 Å². The summed E-state index contributed by atoms with van der Waals surface area (Å²) in [5, 5.41) is 13.8. The molecule has 3 heterocycles. The van der Waals surface area contributed by atoms with Crippen molar-refractivity contribution < 1.29 is 4.42 Å². The van der Waals surface area contributed by atoms with Gasteiger partial charge in [-0.1, -0.05) is 152 Å². The lowest BCUT2D eigenvalue weighted by Gasteiger charge is -2.15. The molecule has 0 fully saturated rings. The minimum atomic E-state index is 0.606. The van der Waals surface area contributed by atoms with Crippen LogP contribution in [0.2, 0.25) is 0 Å². The normalized spacial score (nSPS) is 12.0. The fraction of sp³-hybridized carbons (Fsp3) is 0. The lowest BCUT2D eigenvalue weighted by Crippen LogP contribution is -2.01. The number of aromatic nitrogens is 4. The van der Waals surface area contributed by atoms with Gasteiger partial charge in [0, 0.05) is 49.7 Å². The van der Waals surface area contributed by atoms with Gasteiger partial charge in [-0.25, -0.2) is 15.0 Å². The maximum absolute atomic E-state index is 6.66. The van der Waals surface area contributed by atoms with Crippen LogP contribution in [0, 0.1) is 0 Å². The summed E-state index contributed by atoms with van der Waals surface area (Å²) in [5.41, 5.74) is 7.78. The van der Waals surface area contributed by atoms with Gasteiger partial charge in [-0.3, -0.25) is 0 Å². The van der Waals surface area contributed by atoms with Crippen LogP contribution in [0.5, 0.6) is 0 Å². The SMILES string of the molecule is c1ccc(-c2nc(-c3ccc4c(c3)c(-n3c5ccccc5c5cc6ccccc6cc53)cc3oc5ccccc5c34)nc(-c3cc4ccccc4c4ccccc34)n2)cc1. The predicted molar refractivity (Wildman–Crippen MR) is 248 cm³/mol. The molecule has 5 heteroatoms. The van der Waals surface area contributed by atoms with Crippen molar-refractivity contribution in [1.29, 1.82) is 0 Å². The summed E-state index contributed by atoms with van der Waals surface area (Å²) in [7, 11) is 0. The first-order valence-corrected chi connectivity index (χ1v) is 20.3. The lowest BCUT2D eigenvalue weighted by atomic mass is 9.96. The molecule has 0 saturated carbocycles. The van der Waals surface area contributed by atoms with Crippen LogP contribution in [0.4, 0.5) is 0 Å². The van der Waals surface area contributed by atoms with E-state index >= 15 is 0 Å². The smallest absolute Gasteiger partial charge is 0.164 e. The average Bonchev–Trinajstić information content (AvgIpc) is 3.85. The largest absolute Gasteiger partial charge is 0.456 e. The molecule has 13 rings (SSSR count).